The predicted molar refractivity (Wildman–Crippen MR) is 85.5 cm³/mol. The van der Waals surface area contributed by atoms with Crippen molar-refractivity contribution in [2.75, 3.05) is 0 Å². The van der Waals surface area contributed by atoms with Gasteiger partial charge in [0.05, 0.1) is 22.6 Å². The molecule has 3 rings (SSSR count). The van der Waals surface area contributed by atoms with E-state index in [1.54, 1.807) is 0 Å². The van der Waals surface area contributed by atoms with Crippen LogP contribution in [0.4, 0.5) is 0 Å². The van der Waals surface area contributed by atoms with Crippen LogP contribution in [-0.2, 0) is 16.1 Å². The molecule has 0 N–H and O–H groups in total. The van der Waals surface area contributed by atoms with Crippen molar-refractivity contribution >= 4 is 23.1 Å². The van der Waals surface area contributed by atoms with Crippen molar-refractivity contribution in [3.8, 4) is 0 Å². The molecule has 22 heavy (non-hydrogen) atoms. The molecule has 0 saturated heterocycles. The fourth-order valence-electron chi connectivity index (χ4n) is 2.88. The lowest BCUT2D eigenvalue weighted by molar-refractivity contribution is -0.149. The van der Waals surface area contributed by atoms with Crippen molar-refractivity contribution in [2.45, 2.75) is 45.8 Å². The highest BCUT2D eigenvalue weighted by molar-refractivity contribution is 7.14. The van der Waals surface area contributed by atoms with Crippen molar-refractivity contribution in [3.05, 3.63) is 45.4 Å². The molecule has 0 aliphatic carbocycles. The summed E-state index contributed by atoms with van der Waals surface area (Å²) in [5.41, 5.74) is 1.55. The number of esters is 1. The number of rotatable bonds is 4. The van der Waals surface area contributed by atoms with Gasteiger partial charge in [0.15, 0.2) is 0 Å². The normalized spacial score (nSPS) is 16.8. The maximum atomic E-state index is 12.6. The van der Waals surface area contributed by atoms with E-state index in [1.807, 2.05) is 49.6 Å². The molecule has 0 bridgehead atoms. The lowest BCUT2D eigenvalue weighted by Crippen LogP contribution is -2.18. The first-order valence-electron chi connectivity index (χ1n) is 7.48. The molecule has 1 aliphatic rings. The minimum absolute atomic E-state index is 0.0298. The summed E-state index contributed by atoms with van der Waals surface area (Å²) in [5.74, 6) is -0.422. The molecule has 0 saturated carbocycles. The van der Waals surface area contributed by atoms with Crippen LogP contribution in [0.25, 0.3) is 0 Å². The first-order chi connectivity index (χ1) is 10.5. The van der Waals surface area contributed by atoms with Crippen LogP contribution >= 0.6 is 11.3 Å². The van der Waals surface area contributed by atoms with Gasteiger partial charge in [0.1, 0.15) is 0 Å². The third kappa shape index (κ3) is 2.61. The van der Waals surface area contributed by atoms with Gasteiger partial charge in [-0.05, 0) is 51.5 Å². The SMILES string of the molecule is Cc1ccc(C(=O)c2ccc3n2CCC3C(=O)OC(C)C)s1. The Kier molecular flexibility index (Phi) is 3.91. The molecule has 2 aromatic heterocycles. The van der Waals surface area contributed by atoms with Gasteiger partial charge in [-0.1, -0.05) is 0 Å². The first kappa shape index (κ1) is 15.0. The summed E-state index contributed by atoms with van der Waals surface area (Å²) in [6.07, 6.45) is 0.581. The number of aryl methyl sites for hydroxylation is 1. The number of fused-ring (bicyclic) bond motifs is 1. The van der Waals surface area contributed by atoms with Crippen LogP contribution < -0.4 is 0 Å². The van der Waals surface area contributed by atoms with Gasteiger partial charge in [-0.2, -0.15) is 0 Å². The van der Waals surface area contributed by atoms with Crippen molar-refractivity contribution in [1.82, 2.24) is 4.57 Å². The third-order valence-corrected chi connectivity index (χ3v) is 4.85. The summed E-state index contributed by atoms with van der Waals surface area (Å²) < 4.78 is 7.28. The minimum atomic E-state index is -0.256. The fourth-order valence-corrected chi connectivity index (χ4v) is 3.69. The number of aromatic nitrogens is 1. The van der Waals surface area contributed by atoms with E-state index < -0.39 is 0 Å². The van der Waals surface area contributed by atoms with Crippen LogP contribution in [0.1, 0.15) is 52.1 Å². The van der Waals surface area contributed by atoms with Gasteiger partial charge in [0, 0.05) is 17.1 Å². The van der Waals surface area contributed by atoms with Gasteiger partial charge in [-0.15, -0.1) is 11.3 Å². The highest BCUT2D eigenvalue weighted by atomic mass is 32.1. The summed E-state index contributed by atoms with van der Waals surface area (Å²) in [7, 11) is 0. The van der Waals surface area contributed by atoms with Gasteiger partial charge in [-0.25, -0.2) is 0 Å². The zero-order chi connectivity index (χ0) is 15.9. The Hall–Kier alpha value is -1.88. The van der Waals surface area contributed by atoms with Gasteiger partial charge in [0.25, 0.3) is 0 Å². The number of ketones is 1. The lowest BCUT2D eigenvalue weighted by Gasteiger charge is -2.12. The Bertz CT molecular complexity index is 726. The summed E-state index contributed by atoms with van der Waals surface area (Å²) in [5, 5.41) is 0. The maximum absolute atomic E-state index is 12.6. The zero-order valence-corrected chi connectivity index (χ0v) is 13.8. The van der Waals surface area contributed by atoms with Crippen LogP contribution in [0, 0.1) is 6.92 Å². The van der Waals surface area contributed by atoms with Crippen molar-refractivity contribution in [3.63, 3.8) is 0 Å². The Morgan fingerprint density at radius 3 is 2.68 bits per heavy atom. The van der Waals surface area contributed by atoms with Crippen molar-refractivity contribution in [1.29, 1.82) is 0 Å². The quantitative estimate of drug-likeness (QED) is 0.640. The van der Waals surface area contributed by atoms with E-state index in [1.165, 1.54) is 11.3 Å². The molecule has 0 amide bonds. The standard InChI is InChI=1S/C17H19NO3S/c1-10(2)21-17(20)12-8-9-18-13(12)5-6-14(18)16(19)15-7-4-11(3)22-15/h4-7,10,12H,8-9H2,1-3H3. The topological polar surface area (TPSA) is 48.3 Å². The molecule has 0 radical (unpaired) electrons. The predicted octanol–water partition coefficient (Wildman–Crippen LogP) is 3.53. The van der Waals surface area contributed by atoms with Gasteiger partial charge >= 0.3 is 5.97 Å². The molecule has 1 unspecified atom stereocenters. The van der Waals surface area contributed by atoms with E-state index in [0.29, 0.717) is 18.7 Å². The third-order valence-electron chi connectivity index (χ3n) is 3.85. The maximum Gasteiger partial charge on any atom is 0.315 e. The number of thiophene rings is 1. The fraction of sp³-hybridized carbons (Fsp3) is 0.412. The van der Waals surface area contributed by atoms with Crippen molar-refractivity contribution < 1.29 is 14.3 Å². The largest absolute Gasteiger partial charge is 0.462 e. The number of carbonyl (C=O) groups excluding carboxylic acids is 2. The molecule has 116 valence electrons. The number of hydrogen-bond acceptors (Lipinski definition) is 4. The second-order valence-electron chi connectivity index (χ2n) is 5.86. The van der Waals surface area contributed by atoms with Crippen LogP contribution in [-0.4, -0.2) is 22.4 Å². The molecule has 3 heterocycles. The van der Waals surface area contributed by atoms with Crippen molar-refractivity contribution in [2.24, 2.45) is 0 Å². The molecule has 4 nitrogen and oxygen atoms in total. The molecule has 0 fully saturated rings. The highest BCUT2D eigenvalue weighted by Gasteiger charge is 2.33. The molecular weight excluding hydrogens is 298 g/mol. The Morgan fingerprint density at radius 2 is 2.05 bits per heavy atom. The summed E-state index contributed by atoms with van der Waals surface area (Å²) in [4.78, 5) is 26.6. The Balaban J connectivity index is 1.87. The first-order valence-corrected chi connectivity index (χ1v) is 8.30. The van der Waals surface area contributed by atoms with E-state index in [0.717, 1.165) is 15.4 Å². The molecule has 2 aromatic rings. The van der Waals surface area contributed by atoms with E-state index in [-0.39, 0.29) is 23.8 Å². The monoisotopic (exact) mass is 317 g/mol. The van der Waals surface area contributed by atoms with E-state index >= 15 is 0 Å². The van der Waals surface area contributed by atoms with Gasteiger partial charge in [0.2, 0.25) is 5.78 Å². The second-order valence-corrected chi connectivity index (χ2v) is 7.15. The number of hydrogen-bond donors (Lipinski definition) is 0. The highest BCUT2D eigenvalue weighted by Crippen LogP contribution is 2.33. The summed E-state index contributed by atoms with van der Waals surface area (Å²) in [6, 6.07) is 7.52. The molecule has 1 aliphatic heterocycles. The smallest absolute Gasteiger partial charge is 0.315 e. The number of carbonyl (C=O) groups is 2. The van der Waals surface area contributed by atoms with Crippen LogP contribution in [0.2, 0.25) is 0 Å². The lowest BCUT2D eigenvalue weighted by atomic mass is 10.1. The van der Waals surface area contributed by atoms with Crippen LogP contribution in [0.3, 0.4) is 0 Å². The number of ether oxygens (including phenoxy) is 1. The van der Waals surface area contributed by atoms with E-state index in [4.69, 9.17) is 4.74 Å². The molecule has 0 aromatic carbocycles. The Labute approximate surface area is 133 Å². The van der Waals surface area contributed by atoms with E-state index in [9.17, 15) is 9.59 Å². The molecule has 0 spiro atoms. The minimum Gasteiger partial charge on any atom is -0.462 e. The summed E-state index contributed by atoms with van der Waals surface area (Å²) >= 11 is 1.50. The van der Waals surface area contributed by atoms with Gasteiger partial charge < -0.3 is 9.30 Å². The Morgan fingerprint density at radius 1 is 1.27 bits per heavy atom. The molecular formula is C17H19NO3S. The van der Waals surface area contributed by atoms with Crippen LogP contribution in [0.5, 0.6) is 0 Å². The second kappa shape index (κ2) is 5.72. The molecule has 5 heteroatoms. The van der Waals surface area contributed by atoms with E-state index in [2.05, 4.69) is 0 Å². The average molecular weight is 317 g/mol. The van der Waals surface area contributed by atoms with Crippen LogP contribution in [0.15, 0.2) is 24.3 Å². The number of nitrogens with zero attached hydrogens (tertiary/aromatic N) is 1. The zero-order valence-electron chi connectivity index (χ0n) is 13.0. The molecule has 1 atom stereocenters. The van der Waals surface area contributed by atoms with Gasteiger partial charge in [-0.3, -0.25) is 9.59 Å². The average Bonchev–Trinajstić information content (AvgIpc) is 3.11. The summed E-state index contributed by atoms with van der Waals surface area (Å²) in [6.45, 7) is 6.37.